The highest BCUT2D eigenvalue weighted by atomic mass is 79.9. The van der Waals surface area contributed by atoms with Gasteiger partial charge in [0.15, 0.2) is 0 Å². The van der Waals surface area contributed by atoms with Crippen molar-refractivity contribution in [3.05, 3.63) is 33.8 Å². The average molecular weight is 322 g/mol. The Bertz CT molecular complexity index is 427. The van der Waals surface area contributed by atoms with Crippen LogP contribution in [0.25, 0.3) is 0 Å². The first-order valence-electron chi connectivity index (χ1n) is 5.40. The molecule has 18 heavy (non-hydrogen) atoms. The van der Waals surface area contributed by atoms with Crippen molar-refractivity contribution in [1.29, 1.82) is 0 Å². The molecule has 0 fully saturated rings. The fraction of sp³-hybridized carbons (Fsp3) is 0.417. The number of nitrogens with zero attached hydrogens (tertiary/aromatic N) is 1. The van der Waals surface area contributed by atoms with E-state index in [0.29, 0.717) is 11.1 Å². The Morgan fingerprint density at radius 2 is 2.17 bits per heavy atom. The molecule has 1 rings (SSSR count). The zero-order valence-corrected chi connectivity index (χ0v) is 11.5. The minimum Gasteiger partial charge on any atom is -0.395 e. The van der Waals surface area contributed by atoms with Crippen molar-refractivity contribution in [2.24, 2.45) is 0 Å². The van der Waals surface area contributed by atoms with Crippen LogP contribution in [0.15, 0.2) is 22.7 Å². The molecule has 0 heterocycles. The topological polar surface area (TPSA) is 40.5 Å². The lowest BCUT2D eigenvalue weighted by molar-refractivity contribution is 0.0508. The maximum absolute atomic E-state index is 12.4. The summed E-state index contributed by atoms with van der Waals surface area (Å²) in [6.07, 6.45) is -2.61. The molecular formula is C12H14BrF2NO2. The van der Waals surface area contributed by atoms with Gasteiger partial charge in [-0.15, -0.1) is 0 Å². The molecule has 0 aliphatic rings. The number of hydrogen-bond donors (Lipinski definition) is 1. The summed E-state index contributed by atoms with van der Waals surface area (Å²) < 4.78 is 25.6. The quantitative estimate of drug-likeness (QED) is 0.905. The molecule has 0 saturated heterocycles. The fourth-order valence-electron chi connectivity index (χ4n) is 1.60. The lowest BCUT2D eigenvalue weighted by atomic mass is 10.1. The summed E-state index contributed by atoms with van der Waals surface area (Å²) in [5.41, 5.74) is 1.07. The molecule has 0 aliphatic heterocycles. The molecule has 100 valence electrons. The summed E-state index contributed by atoms with van der Waals surface area (Å²) in [6, 6.07) is 5.00. The van der Waals surface area contributed by atoms with E-state index in [1.54, 1.807) is 25.1 Å². The molecule has 1 N–H and O–H groups in total. The lowest BCUT2D eigenvalue weighted by Gasteiger charge is -2.22. The Hall–Kier alpha value is -1.01. The van der Waals surface area contributed by atoms with Crippen LogP contribution in [-0.2, 0) is 0 Å². The summed E-state index contributed by atoms with van der Waals surface area (Å²) in [7, 11) is 0. The molecule has 0 spiro atoms. The maximum Gasteiger partial charge on any atom is 0.255 e. The average Bonchev–Trinajstić information content (AvgIpc) is 2.27. The molecule has 1 aromatic rings. The van der Waals surface area contributed by atoms with Crippen LogP contribution in [0.2, 0.25) is 0 Å². The van der Waals surface area contributed by atoms with E-state index >= 15 is 0 Å². The Balaban J connectivity index is 2.94. The van der Waals surface area contributed by atoms with Crippen LogP contribution in [0.5, 0.6) is 0 Å². The van der Waals surface area contributed by atoms with E-state index in [-0.39, 0.29) is 13.2 Å². The smallest absolute Gasteiger partial charge is 0.255 e. The predicted octanol–water partition coefficient (Wildman–Crippen LogP) is 2.46. The first-order valence-corrected chi connectivity index (χ1v) is 6.19. The highest BCUT2D eigenvalue weighted by molar-refractivity contribution is 9.10. The molecule has 0 atom stereocenters. The number of carbonyl (C=O) groups excluding carboxylic acids is 1. The number of aliphatic hydroxyl groups excluding tert-OH is 1. The van der Waals surface area contributed by atoms with E-state index in [1.165, 1.54) is 0 Å². The number of hydrogen-bond acceptors (Lipinski definition) is 2. The van der Waals surface area contributed by atoms with E-state index < -0.39 is 18.9 Å². The number of benzene rings is 1. The van der Waals surface area contributed by atoms with Crippen molar-refractivity contribution in [3.8, 4) is 0 Å². The van der Waals surface area contributed by atoms with Gasteiger partial charge in [-0.25, -0.2) is 8.78 Å². The fourth-order valence-corrected chi connectivity index (χ4v) is 2.08. The maximum atomic E-state index is 12.4. The van der Waals surface area contributed by atoms with Crippen molar-refractivity contribution in [3.63, 3.8) is 0 Å². The van der Waals surface area contributed by atoms with E-state index in [4.69, 9.17) is 5.11 Å². The van der Waals surface area contributed by atoms with Crippen LogP contribution in [0.3, 0.4) is 0 Å². The first kappa shape index (κ1) is 15.0. The zero-order chi connectivity index (χ0) is 13.7. The minimum atomic E-state index is -2.61. The van der Waals surface area contributed by atoms with Gasteiger partial charge in [0.05, 0.1) is 13.2 Å². The largest absolute Gasteiger partial charge is 0.395 e. The van der Waals surface area contributed by atoms with E-state index in [2.05, 4.69) is 15.9 Å². The van der Waals surface area contributed by atoms with Gasteiger partial charge in [-0.2, -0.15) is 0 Å². The van der Waals surface area contributed by atoms with Crippen LogP contribution in [0, 0.1) is 6.92 Å². The van der Waals surface area contributed by atoms with Crippen LogP contribution >= 0.6 is 15.9 Å². The molecule has 0 unspecified atom stereocenters. The number of aliphatic hydroxyl groups is 1. The summed E-state index contributed by atoms with van der Waals surface area (Å²) >= 11 is 3.27. The molecule has 0 radical (unpaired) electrons. The normalized spacial score (nSPS) is 10.8. The highest BCUT2D eigenvalue weighted by Crippen LogP contribution is 2.17. The van der Waals surface area contributed by atoms with Crippen molar-refractivity contribution in [2.75, 3.05) is 19.7 Å². The second kappa shape index (κ2) is 6.80. The summed E-state index contributed by atoms with van der Waals surface area (Å²) in [6.45, 7) is 0.624. The van der Waals surface area contributed by atoms with Crippen molar-refractivity contribution >= 4 is 21.8 Å². The zero-order valence-electron chi connectivity index (χ0n) is 9.87. The SMILES string of the molecule is Cc1cc(Br)ccc1C(=O)N(CCO)CC(F)F. The number of carbonyl (C=O) groups is 1. The van der Waals surface area contributed by atoms with Crippen molar-refractivity contribution in [2.45, 2.75) is 13.3 Å². The molecule has 0 saturated carbocycles. The van der Waals surface area contributed by atoms with E-state index in [9.17, 15) is 13.6 Å². The standard InChI is InChI=1S/C12H14BrF2NO2/c1-8-6-9(13)2-3-10(8)12(18)16(4-5-17)7-11(14)15/h2-3,6,11,17H,4-5,7H2,1H3. The molecule has 3 nitrogen and oxygen atoms in total. The number of rotatable bonds is 5. The Morgan fingerprint density at radius 3 is 2.67 bits per heavy atom. The van der Waals surface area contributed by atoms with Gasteiger partial charge in [0.25, 0.3) is 12.3 Å². The van der Waals surface area contributed by atoms with Crippen LogP contribution in [0.4, 0.5) is 8.78 Å². The lowest BCUT2D eigenvalue weighted by Crippen LogP contribution is -2.37. The summed E-state index contributed by atoms with van der Waals surface area (Å²) in [5, 5.41) is 8.81. The Morgan fingerprint density at radius 1 is 1.50 bits per heavy atom. The molecule has 6 heteroatoms. The van der Waals surface area contributed by atoms with Crippen molar-refractivity contribution < 1.29 is 18.7 Å². The van der Waals surface area contributed by atoms with Gasteiger partial charge >= 0.3 is 0 Å². The van der Waals surface area contributed by atoms with E-state index in [1.807, 2.05) is 0 Å². The third kappa shape index (κ3) is 4.03. The van der Waals surface area contributed by atoms with Gasteiger partial charge in [-0.05, 0) is 30.7 Å². The number of amides is 1. The molecule has 0 aromatic heterocycles. The first-order chi connectivity index (χ1) is 8.45. The second-order valence-electron chi connectivity index (χ2n) is 3.83. The minimum absolute atomic E-state index is 0.0985. The van der Waals surface area contributed by atoms with Gasteiger partial charge < -0.3 is 10.0 Å². The molecule has 0 aliphatic carbocycles. The molecule has 1 aromatic carbocycles. The molecule has 1 amide bonds. The van der Waals surface area contributed by atoms with Gasteiger partial charge in [0, 0.05) is 16.6 Å². The monoisotopic (exact) mass is 321 g/mol. The molecular weight excluding hydrogens is 308 g/mol. The number of aryl methyl sites for hydroxylation is 1. The van der Waals surface area contributed by atoms with Crippen molar-refractivity contribution in [1.82, 2.24) is 4.90 Å². The van der Waals surface area contributed by atoms with Gasteiger partial charge in [0.1, 0.15) is 0 Å². The number of alkyl halides is 2. The Kier molecular flexibility index (Phi) is 5.68. The van der Waals surface area contributed by atoms with Crippen LogP contribution < -0.4 is 0 Å². The summed E-state index contributed by atoms with van der Waals surface area (Å²) in [5.74, 6) is -0.491. The van der Waals surface area contributed by atoms with Gasteiger partial charge in [-0.3, -0.25) is 4.79 Å². The third-order valence-corrected chi connectivity index (χ3v) is 2.93. The second-order valence-corrected chi connectivity index (χ2v) is 4.74. The highest BCUT2D eigenvalue weighted by Gasteiger charge is 2.20. The Labute approximate surface area is 113 Å². The summed E-state index contributed by atoms with van der Waals surface area (Å²) in [4.78, 5) is 13.0. The van der Waals surface area contributed by atoms with Crippen LogP contribution in [0.1, 0.15) is 15.9 Å². The van der Waals surface area contributed by atoms with E-state index in [0.717, 1.165) is 9.37 Å². The third-order valence-electron chi connectivity index (χ3n) is 2.43. The number of halogens is 3. The van der Waals surface area contributed by atoms with Gasteiger partial charge in [0.2, 0.25) is 0 Å². The molecule has 0 bridgehead atoms. The predicted molar refractivity (Wildman–Crippen MR) is 67.9 cm³/mol. The van der Waals surface area contributed by atoms with Gasteiger partial charge in [-0.1, -0.05) is 15.9 Å². The van der Waals surface area contributed by atoms with Crippen LogP contribution in [-0.4, -0.2) is 42.0 Å².